The van der Waals surface area contributed by atoms with E-state index in [2.05, 4.69) is 34.5 Å². The van der Waals surface area contributed by atoms with Crippen LogP contribution in [-0.4, -0.2) is 15.0 Å². The van der Waals surface area contributed by atoms with Crippen LogP contribution in [0, 0.1) is 11.3 Å². The smallest absolute Gasteiger partial charge is 0.210 e. The van der Waals surface area contributed by atoms with E-state index in [1.807, 2.05) is 0 Å². The van der Waals surface area contributed by atoms with E-state index in [0.717, 1.165) is 24.2 Å². The average Bonchev–Trinajstić information content (AvgIpc) is 2.99. The highest BCUT2D eigenvalue weighted by Gasteiger charge is 2.45. The van der Waals surface area contributed by atoms with Crippen molar-refractivity contribution in [1.82, 2.24) is 4.72 Å². The highest BCUT2D eigenvalue weighted by Crippen LogP contribution is 2.51. The predicted octanol–water partition coefficient (Wildman–Crippen LogP) is 3.88. The first-order valence-electron chi connectivity index (χ1n) is 5.71. The zero-order valence-electron chi connectivity index (χ0n) is 10.2. The molecule has 2 rings (SSSR count). The molecule has 1 heterocycles. The summed E-state index contributed by atoms with van der Waals surface area (Å²) in [5, 5.41) is 0.436. The van der Waals surface area contributed by atoms with Gasteiger partial charge in [-0.15, -0.1) is 11.3 Å². The molecule has 1 aromatic heterocycles. The molecule has 102 valence electrons. The highest BCUT2D eigenvalue weighted by atomic mass is 79.9. The van der Waals surface area contributed by atoms with Gasteiger partial charge < -0.3 is 0 Å². The van der Waals surface area contributed by atoms with Crippen molar-refractivity contribution < 1.29 is 8.42 Å². The van der Waals surface area contributed by atoms with Gasteiger partial charge in [0, 0.05) is 6.54 Å². The number of hydrogen-bond acceptors (Lipinski definition) is 3. The maximum atomic E-state index is 12.1. The minimum Gasteiger partial charge on any atom is -0.210 e. The van der Waals surface area contributed by atoms with E-state index in [-0.39, 0.29) is 9.62 Å². The molecular weight excluding hydrogens is 358 g/mol. The monoisotopic (exact) mass is 371 g/mol. The summed E-state index contributed by atoms with van der Waals surface area (Å²) in [5.41, 5.74) is 0.158. The number of halogens is 2. The van der Waals surface area contributed by atoms with Gasteiger partial charge in [0.1, 0.15) is 4.21 Å². The number of sulfonamides is 1. The van der Waals surface area contributed by atoms with Crippen molar-refractivity contribution >= 4 is 48.9 Å². The highest BCUT2D eigenvalue weighted by molar-refractivity contribution is 9.11. The quantitative estimate of drug-likeness (QED) is 0.852. The molecule has 1 aliphatic carbocycles. The van der Waals surface area contributed by atoms with Gasteiger partial charge in [0.05, 0.1) is 8.81 Å². The van der Waals surface area contributed by atoms with E-state index in [9.17, 15) is 8.42 Å². The Hall–Kier alpha value is 0.380. The summed E-state index contributed by atoms with van der Waals surface area (Å²) in [6, 6.07) is 1.48. The number of rotatable bonds is 5. The second kappa shape index (κ2) is 5.05. The molecule has 0 atom stereocenters. The third kappa shape index (κ3) is 2.93. The lowest BCUT2D eigenvalue weighted by molar-refractivity contribution is 0.357. The molecule has 0 aliphatic heterocycles. The summed E-state index contributed by atoms with van der Waals surface area (Å²) < 4.78 is 27.8. The molecule has 0 bridgehead atoms. The Labute approximate surface area is 125 Å². The van der Waals surface area contributed by atoms with Crippen LogP contribution in [0.25, 0.3) is 0 Å². The van der Waals surface area contributed by atoms with Crippen LogP contribution >= 0.6 is 38.9 Å². The standard InChI is InChI=1S/C11H15BrClNO2S2/c1-7(2)11(3-4-11)6-14-18(15,16)9-5-8(13)10(12)17-9/h5,7,14H,3-4,6H2,1-2H3. The van der Waals surface area contributed by atoms with Crippen LogP contribution in [-0.2, 0) is 10.0 Å². The van der Waals surface area contributed by atoms with E-state index in [0.29, 0.717) is 21.3 Å². The molecule has 0 saturated heterocycles. The Balaban J connectivity index is 2.09. The summed E-state index contributed by atoms with van der Waals surface area (Å²) >= 11 is 10.2. The van der Waals surface area contributed by atoms with E-state index in [1.165, 1.54) is 6.07 Å². The molecule has 1 aliphatic rings. The van der Waals surface area contributed by atoms with Gasteiger partial charge in [-0.2, -0.15) is 0 Å². The third-order valence-electron chi connectivity index (χ3n) is 3.62. The number of thiophene rings is 1. The Bertz CT molecular complexity index is 530. The van der Waals surface area contributed by atoms with Crippen LogP contribution in [0.5, 0.6) is 0 Å². The Kier molecular flexibility index (Phi) is 4.15. The van der Waals surface area contributed by atoms with Crippen molar-refractivity contribution in [3.05, 3.63) is 14.9 Å². The van der Waals surface area contributed by atoms with Gasteiger partial charge in [-0.1, -0.05) is 25.4 Å². The van der Waals surface area contributed by atoms with E-state index in [1.54, 1.807) is 0 Å². The minimum absolute atomic E-state index is 0.158. The van der Waals surface area contributed by atoms with Crippen LogP contribution in [0.4, 0.5) is 0 Å². The Morgan fingerprint density at radius 1 is 1.56 bits per heavy atom. The SMILES string of the molecule is CC(C)C1(CNS(=O)(=O)c2cc(Cl)c(Br)s2)CC1. The maximum Gasteiger partial charge on any atom is 0.250 e. The van der Waals surface area contributed by atoms with Crippen molar-refractivity contribution in [3.63, 3.8) is 0 Å². The van der Waals surface area contributed by atoms with E-state index >= 15 is 0 Å². The van der Waals surface area contributed by atoms with Crippen molar-refractivity contribution in [2.75, 3.05) is 6.54 Å². The maximum absolute atomic E-state index is 12.1. The summed E-state index contributed by atoms with van der Waals surface area (Å²) in [6.07, 6.45) is 2.20. The zero-order chi connectivity index (χ0) is 13.6. The molecule has 1 saturated carbocycles. The molecule has 1 N–H and O–H groups in total. The molecule has 1 aromatic rings. The van der Waals surface area contributed by atoms with Crippen LogP contribution in [0.2, 0.25) is 5.02 Å². The van der Waals surface area contributed by atoms with Gasteiger partial charge >= 0.3 is 0 Å². The van der Waals surface area contributed by atoms with Gasteiger partial charge in [0.15, 0.2) is 0 Å². The average molecular weight is 373 g/mol. The summed E-state index contributed by atoms with van der Waals surface area (Å²) in [5.74, 6) is 0.499. The molecule has 0 radical (unpaired) electrons. The second-order valence-corrected chi connectivity index (χ2v) is 9.80. The molecule has 0 unspecified atom stereocenters. The number of hydrogen-bond donors (Lipinski definition) is 1. The lowest BCUT2D eigenvalue weighted by Crippen LogP contribution is -2.32. The second-order valence-electron chi connectivity index (χ2n) is 5.03. The van der Waals surface area contributed by atoms with E-state index < -0.39 is 10.0 Å². The van der Waals surface area contributed by atoms with Crippen LogP contribution in [0.1, 0.15) is 26.7 Å². The van der Waals surface area contributed by atoms with E-state index in [4.69, 9.17) is 11.6 Å². The Morgan fingerprint density at radius 3 is 2.56 bits per heavy atom. The molecule has 3 nitrogen and oxygen atoms in total. The van der Waals surface area contributed by atoms with Gasteiger partial charge in [-0.3, -0.25) is 0 Å². The molecule has 0 spiro atoms. The van der Waals surface area contributed by atoms with Crippen LogP contribution < -0.4 is 4.72 Å². The largest absolute Gasteiger partial charge is 0.250 e. The van der Waals surface area contributed by atoms with Crippen molar-refractivity contribution in [1.29, 1.82) is 0 Å². The third-order valence-corrected chi connectivity index (χ3v) is 7.97. The van der Waals surface area contributed by atoms with Crippen molar-refractivity contribution in [2.45, 2.75) is 30.9 Å². The van der Waals surface area contributed by atoms with Gasteiger partial charge in [0.25, 0.3) is 0 Å². The van der Waals surface area contributed by atoms with Gasteiger partial charge in [-0.05, 0) is 46.2 Å². The minimum atomic E-state index is -3.43. The van der Waals surface area contributed by atoms with Crippen LogP contribution in [0.15, 0.2) is 14.1 Å². The summed E-state index contributed by atoms with van der Waals surface area (Å²) in [7, 11) is -3.43. The van der Waals surface area contributed by atoms with Gasteiger partial charge in [0.2, 0.25) is 10.0 Å². The molecule has 18 heavy (non-hydrogen) atoms. The molecule has 1 fully saturated rings. The van der Waals surface area contributed by atoms with Crippen molar-refractivity contribution in [3.8, 4) is 0 Å². The van der Waals surface area contributed by atoms with Crippen LogP contribution in [0.3, 0.4) is 0 Å². The zero-order valence-corrected chi connectivity index (χ0v) is 14.1. The first kappa shape index (κ1) is 14.8. The summed E-state index contributed by atoms with van der Waals surface area (Å²) in [6.45, 7) is 4.79. The molecule has 7 heteroatoms. The fourth-order valence-electron chi connectivity index (χ4n) is 1.89. The molecule has 0 aromatic carbocycles. The lowest BCUT2D eigenvalue weighted by atomic mass is 9.93. The fourth-order valence-corrected chi connectivity index (χ4v) is 5.47. The topological polar surface area (TPSA) is 46.2 Å². The fraction of sp³-hybridized carbons (Fsp3) is 0.636. The normalized spacial score (nSPS) is 18.3. The molecular formula is C11H15BrClNO2S2. The lowest BCUT2D eigenvalue weighted by Gasteiger charge is -2.19. The first-order valence-corrected chi connectivity index (χ1v) is 9.18. The summed E-state index contributed by atoms with van der Waals surface area (Å²) in [4.78, 5) is 0. The first-order chi connectivity index (χ1) is 8.27. The van der Waals surface area contributed by atoms with Crippen molar-refractivity contribution in [2.24, 2.45) is 11.3 Å². The Morgan fingerprint density at radius 2 is 2.17 bits per heavy atom. The van der Waals surface area contributed by atoms with Gasteiger partial charge in [-0.25, -0.2) is 13.1 Å². The number of nitrogens with one attached hydrogen (secondary N) is 1. The molecule has 0 amide bonds. The predicted molar refractivity (Wildman–Crippen MR) is 78.7 cm³/mol.